The lowest BCUT2D eigenvalue weighted by Gasteiger charge is -2.29. The Hall–Kier alpha value is -2.76. The Morgan fingerprint density at radius 3 is 2.37 bits per heavy atom. The first kappa shape index (κ1) is 17.6. The van der Waals surface area contributed by atoms with E-state index in [9.17, 15) is 0 Å². The van der Waals surface area contributed by atoms with Gasteiger partial charge < -0.3 is 14.4 Å². The first-order valence-electron chi connectivity index (χ1n) is 9.46. The third kappa shape index (κ3) is 3.09. The second kappa shape index (κ2) is 7.10. The van der Waals surface area contributed by atoms with Gasteiger partial charge in [-0.2, -0.15) is 9.61 Å². The molecule has 142 valence electrons. The summed E-state index contributed by atoms with van der Waals surface area (Å²) in [4.78, 5) is 7.25. The molecule has 27 heavy (non-hydrogen) atoms. The number of piperidine rings is 1. The van der Waals surface area contributed by atoms with Crippen LogP contribution in [-0.4, -0.2) is 41.9 Å². The molecular weight excluding hydrogens is 340 g/mol. The molecule has 0 N–H and O–H groups in total. The molecule has 6 heteroatoms. The van der Waals surface area contributed by atoms with E-state index in [1.54, 1.807) is 14.2 Å². The normalized spacial score (nSPS) is 14.6. The van der Waals surface area contributed by atoms with Crippen molar-refractivity contribution in [1.82, 2.24) is 14.6 Å². The quantitative estimate of drug-likeness (QED) is 0.698. The van der Waals surface area contributed by atoms with E-state index in [1.165, 1.54) is 19.3 Å². The molecule has 1 aliphatic rings. The number of hydrogen-bond donors (Lipinski definition) is 0. The second-order valence-electron chi connectivity index (χ2n) is 7.07. The Morgan fingerprint density at radius 2 is 1.67 bits per heavy atom. The van der Waals surface area contributed by atoms with Gasteiger partial charge in [0.2, 0.25) is 0 Å². The van der Waals surface area contributed by atoms with Crippen LogP contribution in [0.3, 0.4) is 0 Å². The van der Waals surface area contributed by atoms with E-state index in [0.29, 0.717) is 11.5 Å². The van der Waals surface area contributed by atoms with Gasteiger partial charge in [-0.3, -0.25) is 0 Å². The highest BCUT2D eigenvalue weighted by Crippen LogP contribution is 2.36. The smallest absolute Gasteiger partial charge is 0.165 e. The van der Waals surface area contributed by atoms with Crippen LogP contribution in [0.25, 0.3) is 16.8 Å². The molecule has 0 spiro atoms. The predicted octanol–water partition coefficient (Wildman–Crippen LogP) is 4.02. The van der Waals surface area contributed by atoms with Crippen molar-refractivity contribution in [2.45, 2.75) is 33.1 Å². The van der Waals surface area contributed by atoms with Gasteiger partial charge in [-0.1, -0.05) is 6.07 Å². The Bertz CT molecular complexity index is 974. The van der Waals surface area contributed by atoms with Crippen molar-refractivity contribution in [2.24, 2.45) is 0 Å². The van der Waals surface area contributed by atoms with Crippen molar-refractivity contribution in [3.63, 3.8) is 0 Å². The molecule has 1 saturated heterocycles. The van der Waals surface area contributed by atoms with Crippen LogP contribution in [0.15, 0.2) is 24.3 Å². The number of rotatable bonds is 4. The first-order valence-corrected chi connectivity index (χ1v) is 9.46. The Morgan fingerprint density at radius 1 is 0.926 bits per heavy atom. The van der Waals surface area contributed by atoms with E-state index in [4.69, 9.17) is 19.6 Å². The summed E-state index contributed by atoms with van der Waals surface area (Å²) in [6.45, 7) is 6.23. The molecule has 2 aromatic heterocycles. The fourth-order valence-corrected chi connectivity index (χ4v) is 3.90. The number of hydrogen-bond acceptors (Lipinski definition) is 5. The monoisotopic (exact) mass is 366 g/mol. The molecule has 0 bridgehead atoms. The van der Waals surface area contributed by atoms with Crippen LogP contribution in [0.4, 0.5) is 5.82 Å². The molecule has 0 unspecified atom stereocenters. The van der Waals surface area contributed by atoms with Gasteiger partial charge in [0.15, 0.2) is 17.1 Å². The van der Waals surface area contributed by atoms with Crippen LogP contribution in [0, 0.1) is 13.8 Å². The minimum atomic E-state index is 0.706. The first-order chi connectivity index (χ1) is 13.1. The average Bonchev–Trinajstić information content (AvgIpc) is 3.03. The van der Waals surface area contributed by atoms with Crippen molar-refractivity contribution >= 4 is 11.5 Å². The molecule has 4 rings (SSSR count). The summed E-state index contributed by atoms with van der Waals surface area (Å²) >= 11 is 0. The second-order valence-corrected chi connectivity index (χ2v) is 7.07. The molecule has 3 aromatic rings. The van der Waals surface area contributed by atoms with Crippen LogP contribution in [-0.2, 0) is 0 Å². The van der Waals surface area contributed by atoms with Crippen molar-refractivity contribution in [1.29, 1.82) is 0 Å². The number of ether oxygens (including phenoxy) is 2. The van der Waals surface area contributed by atoms with Gasteiger partial charge in [0, 0.05) is 30.4 Å². The summed E-state index contributed by atoms with van der Waals surface area (Å²) in [7, 11) is 3.30. The number of aromatic nitrogens is 3. The van der Waals surface area contributed by atoms with Crippen molar-refractivity contribution in [2.75, 3.05) is 32.2 Å². The van der Waals surface area contributed by atoms with E-state index in [1.807, 2.05) is 36.6 Å². The molecule has 1 fully saturated rings. The van der Waals surface area contributed by atoms with Gasteiger partial charge in [0.25, 0.3) is 0 Å². The molecular formula is C21H26N4O2. The minimum Gasteiger partial charge on any atom is -0.493 e. The summed E-state index contributed by atoms with van der Waals surface area (Å²) in [6, 6.07) is 8.10. The Kier molecular flexibility index (Phi) is 4.64. The number of aryl methyl sites for hydroxylation is 2. The SMILES string of the molecule is COc1ccc(-c2c(C)nn3c(N4CCCCC4)cc(C)nc23)cc1OC. The largest absolute Gasteiger partial charge is 0.493 e. The van der Waals surface area contributed by atoms with E-state index < -0.39 is 0 Å². The van der Waals surface area contributed by atoms with E-state index >= 15 is 0 Å². The summed E-state index contributed by atoms with van der Waals surface area (Å²) in [5.41, 5.74) is 4.92. The van der Waals surface area contributed by atoms with Crippen LogP contribution in [0.5, 0.6) is 11.5 Å². The molecule has 6 nitrogen and oxygen atoms in total. The van der Waals surface area contributed by atoms with Crippen molar-refractivity contribution in [3.05, 3.63) is 35.7 Å². The van der Waals surface area contributed by atoms with Gasteiger partial charge in [-0.15, -0.1) is 0 Å². The number of methoxy groups -OCH3 is 2. The van der Waals surface area contributed by atoms with E-state index in [2.05, 4.69) is 11.0 Å². The fourth-order valence-electron chi connectivity index (χ4n) is 3.90. The van der Waals surface area contributed by atoms with Gasteiger partial charge in [0.05, 0.1) is 19.9 Å². The molecule has 0 aliphatic carbocycles. The molecule has 0 saturated carbocycles. The standard InChI is InChI=1S/C21H26N4O2/c1-14-12-19(24-10-6-5-7-11-24)25-21(22-14)20(15(2)23-25)16-8-9-17(26-3)18(13-16)27-4/h8-9,12-13H,5-7,10-11H2,1-4H3. The van der Waals surface area contributed by atoms with E-state index in [-0.39, 0.29) is 0 Å². The predicted molar refractivity (Wildman–Crippen MR) is 107 cm³/mol. The number of nitrogens with zero attached hydrogens (tertiary/aromatic N) is 4. The van der Waals surface area contributed by atoms with E-state index in [0.717, 1.165) is 47.1 Å². The lowest BCUT2D eigenvalue weighted by atomic mass is 10.1. The highest BCUT2D eigenvalue weighted by Gasteiger charge is 2.21. The summed E-state index contributed by atoms with van der Waals surface area (Å²) < 4.78 is 12.9. The maximum absolute atomic E-state index is 5.49. The highest BCUT2D eigenvalue weighted by atomic mass is 16.5. The molecule has 3 heterocycles. The zero-order valence-corrected chi connectivity index (χ0v) is 16.5. The number of benzene rings is 1. The maximum atomic E-state index is 5.49. The van der Waals surface area contributed by atoms with Gasteiger partial charge >= 0.3 is 0 Å². The fraction of sp³-hybridized carbons (Fsp3) is 0.429. The molecule has 0 amide bonds. The maximum Gasteiger partial charge on any atom is 0.165 e. The summed E-state index contributed by atoms with van der Waals surface area (Å²) in [5.74, 6) is 2.55. The zero-order chi connectivity index (χ0) is 19.0. The molecule has 1 aromatic carbocycles. The number of anilines is 1. The zero-order valence-electron chi connectivity index (χ0n) is 16.5. The van der Waals surface area contributed by atoms with Crippen LogP contribution < -0.4 is 14.4 Å². The number of fused-ring (bicyclic) bond motifs is 1. The molecule has 1 aliphatic heterocycles. The Labute approximate surface area is 159 Å². The molecule has 0 radical (unpaired) electrons. The third-order valence-electron chi connectivity index (χ3n) is 5.23. The van der Waals surface area contributed by atoms with Gasteiger partial charge in [-0.05, 0) is 50.8 Å². The van der Waals surface area contributed by atoms with Crippen molar-refractivity contribution in [3.8, 4) is 22.6 Å². The lowest BCUT2D eigenvalue weighted by molar-refractivity contribution is 0.355. The lowest BCUT2D eigenvalue weighted by Crippen LogP contribution is -2.31. The van der Waals surface area contributed by atoms with Gasteiger partial charge in [-0.25, -0.2) is 4.98 Å². The van der Waals surface area contributed by atoms with Crippen LogP contribution in [0.2, 0.25) is 0 Å². The topological polar surface area (TPSA) is 51.9 Å². The van der Waals surface area contributed by atoms with Crippen molar-refractivity contribution < 1.29 is 9.47 Å². The van der Waals surface area contributed by atoms with Crippen LogP contribution >= 0.6 is 0 Å². The Balaban J connectivity index is 1.89. The van der Waals surface area contributed by atoms with Gasteiger partial charge in [0.1, 0.15) is 5.82 Å². The minimum absolute atomic E-state index is 0.706. The third-order valence-corrected chi connectivity index (χ3v) is 5.23. The van der Waals surface area contributed by atoms with Crippen LogP contribution in [0.1, 0.15) is 30.7 Å². The highest BCUT2D eigenvalue weighted by molar-refractivity contribution is 5.82. The average molecular weight is 366 g/mol. The molecule has 0 atom stereocenters. The summed E-state index contributed by atoms with van der Waals surface area (Å²) in [5, 5.41) is 4.84. The summed E-state index contributed by atoms with van der Waals surface area (Å²) in [6.07, 6.45) is 3.76.